The third-order valence-corrected chi connectivity index (χ3v) is 13.3. The van der Waals surface area contributed by atoms with Crippen LogP contribution in [-0.2, 0) is 22.3 Å². The smallest absolute Gasteiger partial charge is 0.462 e. The Morgan fingerprint density at radius 3 is 1.58 bits per heavy atom. The number of fused-ring (bicyclic) bond motifs is 10. The van der Waals surface area contributed by atoms with E-state index in [-0.39, 0.29) is 89.3 Å². The Morgan fingerprint density at radius 1 is 0.719 bits per heavy atom. The zero-order valence-corrected chi connectivity index (χ0v) is 38.8. The third-order valence-electron chi connectivity index (χ3n) is 13.3. The van der Waals surface area contributed by atoms with Crippen molar-refractivity contribution in [3.8, 4) is 0 Å². The molecule has 2 saturated carbocycles. The molecule has 0 N–H and O–H groups in total. The van der Waals surface area contributed by atoms with Crippen molar-refractivity contribution in [2.75, 3.05) is 36.1 Å². The number of pyridine rings is 2. The van der Waals surface area contributed by atoms with Crippen LogP contribution in [0.4, 0.5) is 20.2 Å². The predicted octanol–water partition coefficient (Wildman–Crippen LogP) is 6.32. The van der Waals surface area contributed by atoms with E-state index in [1.807, 2.05) is 9.47 Å². The van der Waals surface area contributed by atoms with Crippen molar-refractivity contribution in [3.05, 3.63) is 105 Å². The van der Waals surface area contributed by atoms with Crippen molar-refractivity contribution in [1.82, 2.24) is 9.13 Å². The third kappa shape index (κ3) is 8.82. The molecule has 0 bridgehead atoms. The van der Waals surface area contributed by atoms with Crippen molar-refractivity contribution >= 4 is 45.1 Å². The number of benzene rings is 2. The van der Waals surface area contributed by atoms with E-state index < -0.39 is 28.6 Å². The fourth-order valence-corrected chi connectivity index (χ4v) is 10.5. The summed E-state index contributed by atoms with van der Waals surface area (Å²) in [7, 11) is 0. The molecule has 0 amide bonds. The number of ether oxygens (including phenoxy) is 2. The number of azide groups is 1. The maximum Gasteiger partial charge on any atom is 1.00 e. The van der Waals surface area contributed by atoms with Gasteiger partial charge in [-0.1, -0.05) is 12.0 Å². The van der Waals surface area contributed by atoms with E-state index in [1.54, 1.807) is 26.2 Å². The molecule has 4 aromatic rings. The van der Waals surface area contributed by atoms with E-state index in [4.69, 9.17) is 26.1 Å². The summed E-state index contributed by atoms with van der Waals surface area (Å²) in [6, 6.07) is 3.40. The van der Waals surface area contributed by atoms with Gasteiger partial charge in [-0.15, -0.1) is 0 Å². The monoisotopic (exact) mass is 888 g/mol. The summed E-state index contributed by atoms with van der Waals surface area (Å²) in [6.45, 7) is 7.32. The van der Waals surface area contributed by atoms with Crippen LogP contribution in [0.2, 0.25) is 0 Å². The van der Waals surface area contributed by atoms with Crippen LogP contribution in [0.15, 0.2) is 39.2 Å². The van der Waals surface area contributed by atoms with Gasteiger partial charge in [0.05, 0.1) is 41.7 Å². The minimum atomic E-state index is -0.670. The van der Waals surface area contributed by atoms with Gasteiger partial charge in [-0.3, -0.25) is 14.5 Å². The molecule has 16 nitrogen and oxygen atoms in total. The molecule has 10 rings (SSSR count). The Kier molecular flexibility index (Phi) is 14.3. The van der Waals surface area contributed by atoms with Crippen molar-refractivity contribution in [2.24, 2.45) is 11.0 Å². The molecule has 0 radical (unpaired) electrons. The van der Waals surface area contributed by atoms with Crippen molar-refractivity contribution < 1.29 is 57.4 Å². The van der Waals surface area contributed by atoms with Gasteiger partial charge in [-0.25, -0.2) is 18.4 Å². The average molecular weight is 889 g/mol. The van der Waals surface area contributed by atoms with E-state index in [0.29, 0.717) is 48.1 Å². The topological polar surface area (TPSA) is 211 Å². The second kappa shape index (κ2) is 19.5. The van der Waals surface area contributed by atoms with E-state index in [2.05, 4.69) is 26.4 Å². The Morgan fingerprint density at radius 2 is 1.16 bits per heavy atom. The molecule has 4 fully saturated rings. The van der Waals surface area contributed by atoms with E-state index in [0.717, 1.165) is 92.9 Å². The fourth-order valence-electron chi connectivity index (χ4n) is 10.5. The van der Waals surface area contributed by atoms with Gasteiger partial charge in [0, 0.05) is 76.5 Å². The zero-order chi connectivity index (χ0) is 44.7. The van der Waals surface area contributed by atoms with Gasteiger partial charge in [0.1, 0.15) is 22.8 Å². The number of halogens is 2. The zero-order valence-electron chi connectivity index (χ0n) is 36.8. The van der Waals surface area contributed by atoms with Gasteiger partial charge in [0.25, 0.3) is 0 Å². The first-order valence-corrected chi connectivity index (χ1v) is 22.1. The fraction of sp³-hybridized carbons (Fsp3) is 0.556. The number of nitrogens with zero attached hydrogens (tertiary/aromatic N) is 10. The molecular weight excluding hydrogens is 838 g/mol. The minimum absolute atomic E-state index is 0. The van der Waals surface area contributed by atoms with Crippen molar-refractivity contribution in [1.29, 1.82) is 0 Å². The quantitative estimate of drug-likeness (QED) is 0.0672. The predicted molar refractivity (Wildman–Crippen MR) is 234 cm³/mol. The molecule has 4 aliphatic heterocycles. The molecule has 2 saturated heterocycles. The average Bonchev–Trinajstić information content (AvgIpc) is 4.19. The van der Waals surface area contributed by atoms with Crippen LogP contribution in [0.1, 0.15) is 129 Å². The largest absolute Gasteiger partial charge is 1.00 e. The first kappa shape index (κ1) is 46.9. The molecule has 64 heavy (non-hydrogen) atoms. The Bertz CT molecular complexity index is 2710. The van der Waals surface area contributed by atoms with Gasteiger partial charge >= 0.3 is 41.5 Å². The maximum absolute atomic E-state index is 15.5. The van der Waals surface area contributed by atoms with Crippen LogP contribution in [0.3, 0.4) is 0 Å². The molecule has 2 aromatic heterocycles. The first-order valence-electron chi connectivity index (χ1n) is 22.1. The number of aromatic nitrogens is 2. The molecule has 332 valence electrons. The summed E-state index contributed by atoms with van der Waals surface area (Å²) in [5.41, 5.74) is 25.9. The van der Waals surface area contributed by atoms with Crippen LogP contribution in [0.5, 0.6) is 0 Å². The second-order valence-electron chi connectivity index (χ2n) is 17.5. The Labute approximate surface area is 390 Å². The molecule has 19 heteroatoms. The molecule has 2 aliphatic carbocycles. The summed E-state index contributed by atoms with van der Waals surface area (Å²) >= 11 is 0. The van der Waals surface area contributed by atoms with E-state index >= 15 is 8.78 Å². The number of esters is 2. The summed E-state index contributed by atoms with van der Waals surface area (Å²) in [6.07, 6.45) is 14.2. The Hall–Kier alpha value is -5.12. The number of carbonyl (C=O) groups is 2. The van der Waals surface area contributed by atoms with Crippen LogP contribution < -0.4 is 50.2 Å². The number of hydrogen-bond donors (Lipinski definition) is 0. The van der Waals surface area contributed by atoms with E-state index in [9.17, 15) is 19.2 Å². The van der Waals surface area contributed by atoms with Gasteiger partial charge < -0.3 is 39.5 Å². The molecule has 2 aromatic carbocycles. The van der Waals surface area contributed by atoms with Crippen LogP contribution in [0, 0.1) is 17.6 Å². The first-order chi connectivity index (χ1) is 30.4. The summed E-state index contributed by atoms with van der Waals surface area (Å²) in [4.78, 5) is 59.8. The second-order valence-corrected chi connectivity index (χ2v) is 17.5. The number of carbonyl (C=O) groups excluding carboxylic acids is 2. The molecular formula is C45H51F2N10NaO6. The van der Waals surface area contributed by atoms with Crippen molar-refractivity contribution in [3.63, 3.8) is 0 Å². The number of anilines is 2. The summed E-state index contributed by atoms with van der Waals surface area (Å²) < 4.78 is 45.2. The van der Waals surface area contributed by atoms with Gasteiger partial charge in [0.2, 0.25) is 10.9 Å². The molecule has 6 aliphatic rings. The SMILES string of the molecule is CCOC(=O)c1cn(C2CC2)c2c3c(c(F)cc2c1=O)N1C[C@@H](N=[N+]=[N-])C[C@H]1CCC3.CCOC(=O)c1cn(C2CC2)c2c3c(c(F)cc2c1=O)N1C[C@H](C)C[C@H]1CCC3.[N-]=[N+]=[N-].[Na+]. The van der Waals surface area contributed by atoms with Crippen LogP contribution >= 0.6 is 0 Å². The standard InChI is InChI=1S/C23H27FN2O3.C22H24FN5O3.N3.Na/c1-3-29-23(28)18-12-26(14-7-8-14)20-16-6-4-5-15-9-13(2)11-25(15)21(16)19(24)10-17(20)22(18)27;1-2-31-22(30)17-11-28(13-6-7-13)19-15-5-3-4-14-8-12(25-26-24)10-27(14)20(15)18(23)9-16(19)21(17)29;1-3-2;/h10,12-15H,3-9,11H2,1-2H3;9,11-14H,2-8,10H2,1H3;;/q;;-1;+1/t13-,15-;12-,14+;;/m10../s1. The van der Waals surface area contributed by atoms with Crippen LogP contribution in [-0.4, -0.2) is 65.5 Å². The summed E-state index contributed by atoms with van der Waals surface area (Å²) in [5.74, 6) is -1.56. The number of hydrogen-bond acceptors (Lipinski definition) is 9. The van der Waals surface area contributed by atoms with Gasteiger partial charge in [0.15, 0.2) is 0 Å². The van der Waals surface area contributed by atoms with Gasteiger partial charge in [-0.2, -0.15) is 0 Å². The normalized spacial score (nSPS) is 21.7. The molecule has 6 heterocycles. The van der Waals surface area contributed by atoms with Gasteiger partial charge in [-0.05, 0) is 114 Å². The maximum atomic E-state index is 15.5. The number of rotatable bonds is 7. The summed E-state index contributed by atoms with van der Waals surface area (Å²) in [5, 5.41) is 4.42. The molecule has 4 atom stereocenters. The molecule has 0 spiro atoms. The minimum Gasteiger partial charge on any atom is -0.462 e. The van der Waals surface area contributed by atoms with Crippen LogP contribution in [0.25, 0.3) is 48.2 Å². The number of aryl methyl sites for hydroxylation is 2. The van der Waals surface area contributed by atoms with E-state index in [1.165, 1.54) is 17.0 Å². The Balaban J connectivity index is 0.000000178. The van der Waals surface area contributed by atoms with Crippen molar-refractivity contribution in [2.45, 2.75) is 128 Å². The molecule has 0 unspecified atom stereocenters.